The Morgan fingerprint density at radius 1 is 0.594 bits per heavy atom. The Balaban J connectivity index is 1.13. The Morgan fingerprint density at radius 2 is 0.938 bits per heavy atom. The highest BCUT2D eigenvalue weighted by atomic mass is 16.2. The van der Waals surface area contributed by atoms with E-state index in [2.05, 4.69) is 40.6 Å². The molecule has 1 saturated carbocycles. The second-order valence-electron chi connectivity index (χ2n) is 8.83. The number of para-hydroxylation sites is 2. The van der Waals surface area contributed by atoms with Gasteiger partial charge in [0.05, 0.1) is 11.8 Å². The van der Waals surface area contributed by atoms with Gasteiger partial charge < -0.3 is 19.6 Å². The van der Waals surface area contributed by atoms with E-state index in [0.29, 0.717) is 26.2 Å². The Kier molecular flexibility index (Phi) is 5.60. The Hall–Kier alpha value is -3.28. The summed E-state index contributed by atoms with van der Waals surface area (Å²) in [5.41, 5.74) is 3.17. The first-order valence-corrected chi connectivity index (χ1v) is 11.5. The maximum Gasteiger partial charge on any atom is 0.231 e. The third-order valence-electron chi connectivity index (χ3n) is 6.98. The summed E-state index contributed by atoms with van der Waals surface area (Å²) in [6.45, 7) is 10.1. The summed E-state index contributed by atoms with van der Waals surface area (Å²) >= 11 is 0. The van der Waals surface area contributed by atoms with Gasteiger partial charge in [0.25, 0.3) is 0 Å². The van der Waals surface area contributed by atoms with E-state index in [9.17, 15) is 9.59 Å². The van der Waals surface area contributed by atoms with Crippen LogP contribution in [-0.4, -0.2) is 74.0 Å². The van der Waals surface area contributed by atoms with E-state index >= 15 is 0 Å². The molecule has 2 aromatic rings. The van der Waals surface area contributed by atoms with Crippen molar-refractivity contribution in [3.05, 3.63) is 72.8 Å². The van der Waals surface area contributed by atoms with Gasteiger partial charge in [-0.15, -0.1) is 0 Å². The quantitative estimate of drug-likeness (QED) is 0.700. The highest BCUT2D eigenvalue weighted by molar-refractivity contribution is 5.99. The average molecular weight is 431 g/mol. The third kappa shape index (κ3) is 3.97. The van der Waals surface area contributed by atoms with Gasteiger partial charge in [-0.2, -0.15) is 0 Å². The number of nitrogens with zero attached hydrogens (tertiary/aromatic N) is 4. The molecule has 2 aliphatic heterocycles. The second kappa shape index (κ2) is 8.69. The van der Waals surface area contributed by atoms with E-state index in [1.807, 2.05) is 46.2 Å². The van der Waals surface area contributed by atoms with Crippen molar-refractivity contribution in [1.82, 2.24) is 9.80 Å². The van der Waals surface area contributed by atoms with Crippen LogP contribution in [0.3, 0.4) is 0 Å². The van der Waals surface area contributed by atoms with Crippen molar-refractivity contribution in [2.75, 3.05) is 62.2 Å². The molecule has 2 saturated heterocycles. The second-order valence-corrected chi connectivity index (χ2v) is 8.83. The summed E-state index contributed by atoms with van der Waals surface area (Å²) in [5.74, 6) is -0.524. The minimum absolute atomic E-state index is 0.0731. The van der Waals surface area contributed by atoms with Crippen molar-refractivity contribution < 1.29 is 9.59 Å². The normalized spacial score (nSPS) is 23.3. The van der Waals surface area contributed by atoms with E-state index in [4.69, 9.17) is 0 Å². The zero-order valence-corrected chi connectivity index (χ0v) is 18.4. The molecular formula is C26H30N4O2. The first-order valence-electron chi connectivity index (χ1n) is 11.5. The van der Waals surface area contributed by atoms with E-state index in [1.54, 1.807) is 0 Å². The fourth-order valence-electron chi connectivity index (χ4n) is 4.96. The van der Waals surface area contributed by atoms with Crippen molar-refractivity contribution in [2.24, 2.45) is 11.8 Å². The largest absolute Gasteiger partial charge is 0.368 e. The van der Waals surface area contributed by atoms with Crippen LogP contribution in [0, 0.1) is 11.8 Å². The number of piperazine rings is 2. The molecule has 6 nitrogen and oxygen atoms in total. The van der Waals surface area contributed by atoms with Crippen LogP contribution >= 0.6 is 0 Å². The summed E-state index contributed by atoms with van der Waals surface area (Å²) in [5, 5.41) is 0. The molecule has 0 aromatic heterocycles. The molecule has 2 unspecified atom stereocenters. The van der Waals surface area contributed by atoms with Crippen molar-refractivity contribution in [1.29, 1.82) is 0 Å². The van der Waals surface area contributed by atoms with E-state index in [-0.39, 0.29) is 23.7 Å². The smallest absolute Gasteiger partial charge is 0.231 e. The van der Waals surface area contributed by atoms with Crippen LogP contribution < -0.4 is 9.80 Å². The van der Waals surface area contributed by atoms with Crippen molar-refractivity contribution in [3.63, 3.8) is 0 Å². The van der Waals surface area contributed by atoms with Crippen molar-refractivity contribution >= 4 is 23.2 Å². The van der Waals surface area contributed by atoms with Gasteiger partial charge in [0.15, 0.2) is 0 Å². The summed E-state index contributed by atoms with van der Waals surface area (Å²) in [6.07, 6.45) is 0. The first kappa shape index (κ1) is 20.6. The molecule has 5 rings (SSSR count). The molecule has 0 radical (unpaired) electrons. The summed E-state index contributed by atoms with van der Waals surface area (Å²) < 4.78 is 0. The van der Waals surface area contributed by atoms with Gasteiger partial charge in [0, 0.05) is 63.7 Å². The number of rotatable bonds is 4. The molecule has 2 heterocycles. The Labute approximate surface area is 189 Å². The minimum atomic E-state index is -0.335. The van der Waals surface area contributed by atoms with E-state index < -0.39 is 0 Å². The molecule has 2 amide bonds. The molecule has 0 spiro atoms. The number of carbonyl (C=O) groups excluding carboxylic acids is 2. The number of benzene rings is 2. The highest BCUT2D eigenvalue weighted by Crippen LogP contribution is 2.47. The van der Waals surface area contributed by atoms with Crippen LogP contribution in [0.4, 0.5) is 11.4 Å². The molecular weight excluding hydrogens is 400 g/mol. The zero-order chi connectivity index (χ0) is 22.1. The average Bonchev–Trinajstić information content (AvgIpc) is 3.55. The molecule has 2 atom stereocenters. The lowest BCUT2D eigenvalue weighted by Gasteiger charge is -2.37. The van der Waals surface area contributed by atoms with E-state index in [1.165, 1.54) is 11.4 Å². The summed E-state index contributed by atoms with van der Waals surface area (Å²) in [7, 11) is 0. The van der Waals surface area contributed by atoms with Gasteiger partial charge in [0.1, 0.15) is 0 Å². The number of carbonyl (C=O) groups is 2. The Morgan fingerprint density at radius 3 is 1.28 bits per heavy atom. The fraction of sp³-hybridized carbons (Fsp3) is 0.385. The maximum atomic E-state index is 13.1. The number of anilines is 2. The van der Waals surface area contributed by atoms with Gasteiger partial charge in [-0.3, -0.25) is 9.59 Å². The monoisotopic (exact) mass is 430 g/mol. The van der Waals surface area contributed by atoms with Gasteiger partial charge in [-0.1, -0.05) is 48.6 Å². The van der Waals surface area contributed by atoms with Gasteiger partial charge >= 0.3 is 0 Å². The SMILES string of the molecule is C=C1C(C(=O)N2CCN(c3ccccc3)CC2)C1C(=O)N1CCN(c2ccccc2)CC1. The third-order valence-corrected chi connectivity index (χ3v) is 6.98. The first-order chi connectivity index (χ1) is 15.6. The van der Waals surface area contributed by atoms with Crippen LogP contribution in [0.1, 0.15) is 0 Å². The van der Waals surface area contributed by atoms with Crippen LogP contribution in [0.15, 0.2) is 72.8 Å². The molecule has 0 bridgehead atoms. The molecule has 32 heavy (non-hydrogen) atoms. The maximum absolute atomic E-state index is 13.1. The molecule has 1 aliphatic carbocycles. The lowest BCUT2D eigenvalue weighted by Crippen LogP contribution is -2.50. The van der Waals surface area contributed by atoms with E-state index in [0.717, 1.165) is 31.8 Å². The van der Waals surface area contributed by atoms with Crippen LogP contribution in [0.25, 0.3) is 0 Å². The molecule has 3 aliphatic rings. The predicted octanol–water partition coefficient (Wildman–Crippen LogP) is 2.49. The van der Waals surface area contributed by atoms with Crippen LogP contribution in [0.5, 0.6) is 0 Å². The molecule has 6 heteroatoms. The van der Waals surface area contributed by atoms with Gasteiger partial charge in [0.2, 0.25) is 11.8 Å². The lowest BCUT2D eigenvalue weighted by atomic mass is 10.2. The molecule has 3 fully saturated rings. The highest BCUT2D eigenvalue weighted by Gasteiger charge is 2.55. The van der Waals surface area contributed by atoms with Crippen LogP contribution in [0.2, 0.25) is 0 Å². The fourth-order valence-corrected chi connectivity index (χ4v) is 4.96. The van der Waals surface area contributed by atoms with Crippen molar-refractivity contribution in [2.45, 2.75) is 0 Å². The lowest BCUT2D eigenvalue weighted by molar-refractivity contribution is -0.138. The number of amides is 2. The summed E-state index contributed by atoms with van der Waals surface area (Å²) in [4.78, 5) is 34.7. The Bertz CT molecular complexity index is 898. The predicted molar refractivity (Wildman–Crippen MR) is 127 cm³/mol. The van der Waals surface area contributed by atoms with Gasteiger partial charge in [-0.25, -0.2) is 0 Å². The minimum Gasteiger partial charge on any atom is -0.368 e. The van der Waals surface area contributed by atoms with Crippen LogP contribution in [-0.2, 0) is 9.59 Å². The molecule has 2 aromatic carbocycles. The van der Waals surface area contributed by atoms with Crippen molar-refractivity contribution in [3.8, 4) is 0 Å². The molecule has 0 N–H and O–H groups in total. The topological polar surface area (TPSA) is 47.1 Å². The standard InChI is InChI=1S/C26H30N4O2/c1-20-23(25(31)29-16-12-27(13-17-29)21-8-4-2-5-9-21)24(20)26(32)30-18-14-28(15-19-30)22-10-6-3-7-11-22/h2-11,23-24H,1,12-19H2. The van der Waals surface area contributed by atoms with Gasteiger partial charge in [-0.05, 0) is 24.3 Å². The molecule has 166 valence electrons. The zero-order valence-electron chi connectivity index (χ0n) is 18.4. The number of hydrogen-bond acceptors (Lipinski definition) is 4. The summed E-state index contributed by atoms with van der Waals surface area (Å²) in [6, 6.07) is 20.6. The number of hydrogen-bond donors (Lipinski definition) is 0.